The molecule has 0 saturated carbocycles. The maximum absolute atomic E-state index is 11.4. The first-order chi connectivity index (χ1) is 10.9. The monoisotopic (exact) mass is 332 g/mol. The van der Waals surface area contributed by atoms with Crippen LogP contribution in [0, 0.1) is 0 Å². The van der Waals surface area contributed by atoms with Crippen molar-refractivity contribution in [2.24, 2.45) is 0 Å². The summed E-state index contributed by atoms with van der Waals surface area (Å²) in [4.78, 5) is 46.1. The highest BCUT2D eigenvalue weighted by atomic mass is 16.5. The smallest absolute Gasteiger partial charge is 0.407 e. The molecule has 0 aliphatic carbocycles. The van der Waals surface area contributed by atoms with E-state index in [0.717, 1.165) is 0 Å². The van der Waals surface area contributed by atoms with Gasteiger partial charge in [-0.1, -0.05) is 6.92 Å². The molecule has 132 valence electrons. The second-order valence-corrected chi connectivity index (χ2v) is 4.62. The van der Waals surface area contributed by atoms with Crippen molar-refractivity contribution in [1.82, 2.24) is 10.2 Å². The Balaban J connectivity index is 4.04. The predicted octanol–water partition coefficient (Wildman–Crippen LogP) is -0.270. The first-order valence-corrected chi connectivity index (χ1v) is 7.23. The molecule has 0 unspecified atom stereocenters. The largest absolute Gasteiger partial charge is 0.464 e. The van der Waals surface area contributed by atoms with Crippen LogP contribution in [0.25, 0.3) is 0 Å². The van der Waals surface area contributed by atoms with E-state index in [1.807, 2.05) is 0 Å². The molecule has 0 fully saturated rings. The summed E-state index contributed by atoms with van der Waals surface area (Å²) in [6.45, 7) is 3.90. The molecule has 0 bridgehead atoms. The van der Waals surface area contributed by atoms with Crippen LogP contribution >= 0.6 is 0 Å². The van der Waals surface area contributed by atoms with Crippen molar-refractivity contribution < 1.29 is 33.4 Å². The minimum Gasteiger partial charge on any atom is -0.464 e. The van der Waals surface area contributed by atoms with Crippen molar-refractivity contribution in [3.63, 3.8) is 0 Å². The number of carbonyl (C=O) groups is 4. The highest BCUT2D eigenvalue weighted by Crippen LogP contribution is 1.93. The van der Waals surface area contributed by atoms with Gasteiger partial charge in [-0.25, -0.2) is 4.79 Å². The Hall–Kier alpha value is -2.16. The number of nitrogens with one attached hydrogen (secondary N) is 1. The Bertz CT molecular complexity index is 412. The molecule has 0 rings (SSSR count). The van der Waals surface area contributed by atoms with Gasteiger partial charge in [0.1, 0.15) is 25.5 Å². The number of methoxy groups -OCH3 is 1. The van der Waals surface area contributed by atoms with Crippen LogP contribution < -0.4 is 5.32 Å². The van der Waals surface area contributed by atoms with Crippen LogP contribution in [0.5, 0.6) is 0 Å². The Labute approximate surface area is 135 Å². The van der Waals surface area contributed by atoms with Crippen LogP contribution in [0.2, 0.25) is 0 Å². The molecule has 0 radical (unpaired) electrons. The van der Waals surface area contributed by atoms with E-state index in [1.165, 1.54) is 14.0 Å². The number of esters is 2. The number of carbonyl (C=O) groups excluding carboxylic acids is 4. The molecule has 1 amide bonds. The van der Waals surface area contributed by atoms with Crippen LogP contribution in [0.15, 0.2) is 0 Å². The normalized spacial score (nSPS) is 10.1. The van der Waals surface area contributed by atoms with Gasteiger partial charge in [0.2, 0.25) is 0 Å². The van der Waals surface area contributed by atoms with Gasteiger partial charge in [-0.2, -0.15) is 0 Å². The molecule has 0 saturated heterocycles. The minimum atomic E-state index is -0.724. The van der Waals surface area contributed by atoms with Crippen molar-refractivity contribution in [3.8, 4) is 0 Å². The van der Waals surface area contributed by atoms with E-state index in [-0.39, 0.29) is 44.5 Å². The summed E-state index contributed by atoms with van der Waals surface area (Å²) in [6, 6.07) is 0. The fourth-order valence-electron chi connectivity index (χ4n) is 1.53. The lowest BCUT2D eigenvalue weighted by molar-refractivity contribution is -0.143. The standard InChI is InChI=1S/C14H24N2O7/c1-4-12(18)22-7-5-16(10-11(2)17)6-8-23-13(19)9-15-14(20)21-3/h4-10H2,1-3H3,(H,15,20). The van der Waals surface area contributed by atoms with Gasteiger partial charge in [-0.15, -0.1) is 0 Å². The molecular formula is C14H24N2O7. The molecule has 9 nitrogen and oxygen atoms in total. The summed E-state index contributed by atoms with van der Waals surface area (Å²) in [5, 5.41) is 2.19. The number of Topliss-reactive ketones (excluding diaryl/α,β-unsaturated/α-hetero) is 1. The second kappa shape index (κ2) is 12.4. The highest BCUT2D eigenvalue weighted by Gasteiger charge is 2.11. The van der Waals surface area contributed by atoms with Crippen molar-refractivity contribution in [1.29, 1.82) is 0 Å². The number of hydrogen-bond donors (Lipinski definition) is 1. The van der Waals surface area contributed by atoms with Crippen LogP contribution in [-0.4, -0.2) is 75.2 Å². The highest BCUT2D eigenvalue weighted by molar-refractivity contribution is 5.78. The average Bonchev–Trinajstić information content (AvgIpc) is 2.51. The molecule has 0 aromatic heterocycles. The van der Waals surface area contributed by atoms with E-state index in [2.05, 4.69) is 10.1 Å². The van der Waals surface area contributed by atoms with Crippen molar-refractivity contribution in [2.45, 2.75) is 20.3 Å². The van der Waals surface area contributed by atoms with E-state index in [9.17, 15) is 19.2 Å². The second-order valence-electron chi connectivity index (χ2n) is 4.62. The topological polar surface area (TPSA) is 111 Å². The van der Waals surface area contributed by atoms with Gasteiger partial charge in [-0.3, -0.25) is 19.3 Å². The number of ketones is 1. The Kier molecular flexibility index (Phi) is 11.2. The van der Waals surface area contributed by atoms with E-state index in [0.29, 0.717) is 13.1 Å². The van der Waals surface area contributed by atoms with E-state index in [4.69, 9.17) is 9.47 Å². The van der Waals surface area contributed by atoms with Crippen molar-refractivity contribution in [2.75, 3.05) is 46.5 Å². The first-order valence-electron chi connectivity index (χ1n) is 7.23. The van der Waals surface area contributed by atoms with Gasteiger partial charge in [0.25, 0.3) is 0 Å². The lowest BCUT2D eigenvalue weighted by Gasteiger charge is -2.20. The molecule has 0 heterocycles. The van der Waals surface area contributed by atoms with Crippen LogP contribution in [0.1, 0.15) is 20.3 Å². The quantitative estimate of drug-likeness (QED) is 0.406. The Morgan fingerprint density at radius 2 is 1.57 bits per heavy atom. The van der Waals surface area contributed by atoms with Crippen molar-refractivity contribution in [3.05, 3.63) is 0 Å². The first kappa shape index (κ1) is 20.8. The van der Waals surface area contributed by atoms with Crippen molar-refractivity contribution >= 4 is 23.8 Å². The van der Waals surface area contributed by atoms with Gasteiger partial charge in [0.15, 0.2) is 0 Å². The van der Waals surface area contributed by atoms with Crippen LogP contribution in [0.4, 0.5) is 4.79 Å². The van der Waals surface area contributed by atoms with Gasteiger partial charge in [0, 0.05) is 19.5 Å². The van der Waals surface area contributed by atoms with Crippen LogP contribution in [0.3, 0.4) is 0 Å². The van der Waals surface area contributed by atoms with Gasteiger partial charge in [0.05, 0.1) is 13.7 Å². The lowest BCUT2D eigenvalue weighted by atomic mass is 10.3. The van der Waals surface area contributed by atoms with E-state index >= 15 is 0 Å². The molecular weight excluding hydrogens is 308 g/mol. The van der Waals surface area contributed by atoms with E-state index in [1.54, 1.807) is 11.8 Å². The summed E-state index contributed by atoms with van der Waals surface area (Å²) in [7, 11) is 1.19. The summed E-state index contributed by atoms with van der Waals surface area (Å²) in [5.74, 6) is -0.978. The third-order valence-electron chi connectivity index (χ3n) is 2.64. The van der Waals surface area contributed by atoms with Crippen LogP contribution in [-0.2, 0) is 28.6 Å². The molecule has 0 aromatic rings. The summed E-state index contributed by atoms with van der Waals surface area (Å²) in [5.41, 5.74) is 0. The minimum absolute atomic E-state index is 0.0505. The molecule has 1 N–H and O–H groups in total. The molecule has 0 spiro atoms. The molecule has 0 aliphatic heterocycles. The molecule has 0 atom stereocenters. The number of amides is 1. The lowest BCUT2D eigenvalue weighted by Crippen LogP contribution is -2.36. The third kappa shape index (κ3) is 12.1. The number of alkyl carbamates (subject to hydrolysis) is 1. The fourth-order valence-corrected chi connectivity index (χ4v) is 1.53. The SMILES string of the molecule is CCC(=O)OCCN(CCOC(=O)CNC(=O)OC)CC(C)=O. The maximum atomic E-state index is 11.4. The maximum Gasteiger partial charge on any atom is 0.407 e. The zero-order valence-corrected chi connectivity index (χ0v) is 13.8. The van der Waals surface area contributed by atoms with Gasteiger partial charge < -0.3 is 19.5 Å². The molecule has 9 heteroatoms. The Morgan fingerprint density at radius 3 is 2.04 bits per heavy atom. The summed E-state index contributed by atoms with van der Waals surface area (Å²) >= 11 is 0. The van der Waals surface area contributed by atoms with Gasteiger partial charge >= 0.3 is 18.0 Å². The third-order valence-corrected chi connectivity index (χ3v) is 2.64. The number of rotatable bonds is 11. The Morgan fingerprint density at radius 1 is 1.00 bits per heavy atom. The van der Waals surface area contributed by atoms with Gasteiger partial charge in [-0.05, 0) is 6.92 Å². The number of nitrogens with zero attached hydrogens (tertiary/aromatic N) is 1. The molecule has 0 aliphatic rings. The molecule has 0 aromatic carbocycles. The van der Waals surface area contributed by atoms with E-state index < -0.39 is 12.1 Å². The summed E-state index contributed by atoms with van der Waals surface area (Å²) in [6.07, 6.45) is -0.435. The number of ether oxygens (including phenoxy) is 3. The number of hydrogen-bond acceptors (Lipinski definition) is 8. The summed E-state index contributed by atoms with van der Waals surface area (Å²) < 4.78 is 14.2. The zero-order chi connectivity index (χ0) is 17.7. The average molecular weight is 332 g/mol. The molecule has 23 heavy (non-hydrogen) atoms. The predicted molar refractivity (Wildman–Crippen MR) is 79.7 cm³/mol. The zero-order valence-electron chi connectivity index (χ0n) is 13.8. The fraction of sp³-hybridized carbons (Fsp3) is 0.714.